The van der Waals surface area contributed by atoms with Crippen molar-refractivity contribution in [2.75, 3.05) is 13.1 Å². The zero-order chi connectivity index (χ0) is 22.1. The van der Waals surface area contributed by atoms with Crippen molar-refractivity contribution in [3.05, 3.63) is 71.3 Å². The van der Waals surface area contributed by atoms with E-state index in [9.17, 15) is 19.2 Å². The van der Waals surface area contributed by atoms with Gasteiger partial charge in [-0.25, -0.2) is 4.79 Å². The topological polar surface area (TPSA) is 84.0 Å². The quantitative estimate of drug-likeness (QED) is 0.710. The second kappa shape index (κ2) is 8.34. The number of benzene rings is 2. The number of carbonyl (C=O) groups is 4. The predicted octanol–water partition coefficient (Wildman–Crippen LogP) is 3.14. The molecule has 2 aromatic carbocycles. The molecule has 31 heavy (non-hydrogen) atoms. The number of likely N-dealkylation sites (tertiary alicyclic amines) is 1. The van der Waals surface area contributed by atoms with Crippen molar-refractivity contribution >= 4 is 23.7 Å². The number of piperidine rings is 1. The highest BCUT2D eigenvalue weighted by atomic mass is 16.6. The van der Waals surface area contributed by atoms with E-state index in [1.165, 1.54) is 4.90 Å². The number of Topliss-reactive ketones (excluding diaryl/α,β-unsaturated/α-hetero) is 1. The maximum Gasteiger partial charge on any atom is 0.410 e. The fourth-order valence-electron chi connectivity index (χ4n) is 4.26. The average molecular weight is 420 g/mol. The van der Waals surface area contributed by atoms with Crippen molar-refractivity contribution < 1.29 is 23.9 Å². The average Bonchev–Trinajstić information content (AvgIpc) is 3.03. The van der Waals surface area contributed by atoms with E-state index in [-0.39, 0.29) is 25.5 Å². The number of hydrogen-bond donors (Lipinski definition) is 0. The minimum atomic E-state index is -0.671. The molecule has 160 valence electrons. The summed E-state index contributed by atoms with van der Waals surface area (Å²) in [6.07, 6.45) is -0.511. The summed E-state index contributed by atoms with van der Waals surface area (Å²) in [7, 11) is 0. The first-order valence-corrected chi connectivity index (χ1v) is 10.3. The lowest BCUT2D eigenvalue weighted by Crippen LogP contribution is -2.57. The van der Waals surface area contributed by atoms with Crippen LogP contribution in [0.5, 0.6) is 0 Å². The molecular weight excluding hydrogens is 396 g/mol. The van der Waals surface area contributed by atoms with Gasteiger partial charge in [-0.3, -0.25) is 19.3 Å². The van der Waals surface area contributed by atoms with Gasteiger partial charge in [-0.15, -0.1) is 0 Å². The highest BCUT2D eigenvalue weighted by Crippen LogP contribution is 2.30. The summed E-state index contributed by atoms with van der Waals surface area (Å²) in [6.45, 7) is 3.83. The molecule has 1 saturated heterocycles. The molecule has 3 atom stereocenters. The van der Waals surface area contributed by atoms with Gasteiger partial charge in [0.05, 0.1) is 17.0 Å². The lowest BCUT2D eigenvalue weighted by Gasteiger charge is -2.41. The summed E-state index contributed by atoms with van der Waals surface area (Å²) in [5.74, 6) is -1.96. The summed E-state index contributed by atoms with van der Waals surface area (Å²) in [5, 5.41) is 0. The van der Waals surface area contributed by atoms with Gasteiger partial charge in [-0.2, -0.15) is 0 Å². The van der Waals surface area contributed by atoms with Crippen LogP contribution in [0.2, 0.25) is 0 Å². The van der Waals surface area contributed by atoms with Crippen LogP contribution in [0, 0.1) is 11.8 Å². The Morgan fingerprint density at radius 2 is 1.52 bits per heavy atom. The third kappa shape index (κ3) is 3.83. The van der Waals surface area contributed by atoms with Crippen LogP contribution >= 0.6 is 0 Å². The van der Waals surface area contributed by atoms with Gasteiger partial charge in [0.2, 0.25) is 0 Å². The van der Waals surface area contributed by atoms with Gasteiger partial charge in [-0.05, 0) is 24.6 Å². The number of ether oxygens (including phenoxy) is 1. The van der Waals surface area contributed by atoms with Crippen LogP contribution in [0.1, 0.15) is 40.1 Å². The molecular formula is C24H24N2O5. The van der Waals surface area contributed by atoms with Crippen molar-refractivity contribution in [2.45, 2.75) is 26.5 Å². The summed E-state index contributed by atoms with van der Waals surface area (Å²) < 4.78 is 5.46. The van der Waals surface area contributed by atoms with Gasteiger partial charge in [0.15, 0.2) is 0 Å². The first-order chi connectivity index (χ1) is 14.9. The van der Waals surface area contributed by atoms with Gasteiger partial charge in [-0.1, -0.05) is 49.4 Å². The minimum Gasteiger partial charge on any atom is -0.445 e. The normalized spacial score (nSPS) is 23.2. The molecule has 0 saturated carbocycles. The number of amides is 3. The van der Waals surface area contributed by atoms with Gasteiger partial charge in [0.1, 0.15) is 12.4 Å². The van der Waals surface area contributed by atoms with E-state index < -0.39 is 35.8 Å². The number of nitrogens with zero attached hydrogens (tertiary/aromatic N) is 2. The van der Waals surface area contributed by atoms with Gasteiger partial charge < -0.3 is 9.64 Å². The molecule has 4 rings (SSSR count). The van der Waals surface area contributed by atoms with E-state index in [0.717, 1.165) is 10.5 Å². The van der Waals surface area contributed by atoms with E-state index >= 15 is 0 Å². The Balaban J connectivity index is 1.49. The van der Waals surface area contributed by atoms with Crippen molar-refractivity contribution in [2.24, 2.45) is 11.8 Å². The van der Waals surface area contributed by atoms with Crippen LogP contribution in [0.4, 0.5) is 4.79 Å². The SMILES string of the molecule is CC1CN(C(=O)OCc2ccccc2)[C@@H](C)C(CN2C(=O)c3ccccc3C2=O)C1=O. The number of hydrogen-bond acceptors (Lipinski definition) is 5. The lowest BCUT2D eigenvalue weighted by atomic mass is 9.83. The Kier molecular flexibility index (Phi) is 5.59. The van der Waals surface area contributed by atoms with Crippen LogP contribution in [0.3, 0.4) is 0 Å². The molecule has 3 amide bonds. The first kappa shape index (κ1) is 20.8. The molecule has 2 unspecified atom stereocenters. The number of rotatable bonds is 4. The van der Waals surface area contributed by atoms with Crippen LogP contribution in [-0.2, 0) is 16.1 Å². The monoisotopic (exact) mass is 420 g/mol. The predicted molar refractivity (Wildman–Crippen MR) is 112 cm³/mol. The maximum atomic E-state index is 12.9. The molecule has 0 bridgehead atoms. The molecule has 7 heteroatoms. The molecule has 0 aromatic heterocycles. The Morgan fingerprint density at radius 3 is 2.13 bits per heavy atom. The van der Waals surface area contributed by atoms with E-state index in [2.05, 4.69) is 0 Å². The van der Waals surface area contributed by atoms with Crippen LogP contribution < -0.4 is 0 Å². The minimum absolute atomic E-state index is 0.0564. The molecule has 7 nitrogen and oxygen atoms in total. The first-order valence-electron chi connectivity index (χ1n) is 10.3. The van der Waals surface area contributed by atoms with Gasteiger partial charge >= 0.3 is 6.09 Å². The number of fused-ring (bicyclic) bond motifs is 1. The highest BCUT2D eigenvalue weighted by Gasteiger charge is 2.45. The zero-order valence-electron chi connectivity index (χ0n) is 17.5. The molecule has 2 aliphatic heterocycles. The smallest absolute Gasteiger partial charge is 0.410 e. The Hall–Kier alpha value is -3.48. The van der Waals surface area contributed by atoms with Crippen molar-refractivity contribution in [3.8, 4) is 0 Å². The molecule has 0 aliphatic carbocycles. The third-order valence-corrected chi connectivity index (χ3v) is 6.09. The summed E-state index contributed by atoms with van der Waals surface area (Å²) in [6, 6.07) is 15.5. The van der Waals surface area contributed by atoms with E-state index in [1.807, 2.05) is 30.3 Å². The molecule has 0 N–H and O–H groups in total. The number of imide groups is 1. The lowest BCUT2D eigenvalue weighted by molar-refractivity contribution is -0.132. The summed E-state index contributed by atoms with van der Waals surface area (Å²) in [4.78, 5) is 53.8. The van der Waals surface area contributed by atoms with Crippen molar-refractivity contribution in [1.82, 2.24) is 9.80 Å². The fraction of sp³-hybridized carbons (Fsp3) is 0.333. The molecule has 2 aliphatic rings. The van der Waals surface area contributed by atoms with Crippen LogP contribution in [0.25, 0.3) is 0 Å². The Labute approximate surface area is 180 Å². The second-order valence-electron chi connectivity index (χ2n) is 8.11. The maximum absolute atomic E-state index is 12.9. The Morgan fingerprint density at radius 1 is 0.935 bits per heavy atom. The molecule has 2 aromatic rings. The van der Waals surface area contributed by atoms with Crippen molar-refractivity contribution in [3.63, 3.8) is 0 Å². The van der Waals surface area contributed by atoms with E-state index in [4.69, 9.17) is 4.74 Å². The standard InChI is InChI=1S/C24H24N2O5/c1-15-12-25(24(30)31-14-17-8-4-3-5-9-17)16(2)20(21(15)27)13-26-22(28)18-10-6-7-11-19(18)23(26)29/h3-11,15-16,20H,12-14H2,1-2H3/t15?,16-,20?/m0/s1. The summed E-state index contributed by atoms with van der Waals surface area (Å²) >= 11 is 0. The molecule has 2 heterocycles. The molecule has 0 spiro atoms. The summed E-state index contributed by atoms with van der Waals surface area (Å²) in [5.41, 5.74) is 1.55. The second-order valence-corrected chi connectivity index (χ2v) is 8.11. The fourth-order valence-corrected chi connectivity index (χ4v) is 4.26. The van der Waals surface area contributed by atoms with Crippen molar-refractivity contribution in [1.29, 1.82) is 0 Å². The molecule has 1 fully saturated rings. The third-order valence-electron chi connectivity index (χ3n) is 6.09. The van der Waals surface area contributed by atoms with Crippen LogP contribution in [-0.4, -0.2) is 52.6 Å². The van der Waals surface area contributed by atoms with E-state index in [1.54, 1.807) is 38.1 Å². The Bertz CT molecular complexity index is 1000. The molecule has 0 radical (unpaired) electrons. The zero-order valence-corrected chi connectivity index (χ0v) is 17.5. The van der Waals surface area contributed by atoms with Gasteiger partial charge in [0, 0.05) is 25.0 Å². The number of ketones is 1. The van der Waals surface area contributed by atoms with E-state index in [0.29, 0.717) is 11.1 Å². The van der Waals surface area contributed by atoms with Crippen LogP contribution in [0.15, 0.2) is 54.6 Å². The highest BCUT2D eigenvalue weighted by molar-refractivity contribution is 6.21. The number of carbonyl (C=O) groups excluding carboxylic acids is 4. The largest absolute Gasteiger partial charge is 0.445 e. The van der Waals surface area contributed by atoms with Gasteiger partial charge in [0.25, 0.3) is 11.8 Å².